The first kappa shape index (κ1) is 22.7. The molecule has 0 bridgehead atoms. The summed E-state index contributed by atoms with van der Waals surface area (Å²) < 4.78 is 53.7. The normalized spacial score (nSPS) is 12.9. The molecule has 0 aliphatic carbocycles. The largest absolute Gasteiger partial charge is 0.301 e. The summed E-state index contributed by atoms with van der Waals surface area (Å²) >= 11 is 6.20. The summed E-state index contributed by atoms with van der Waals surface area (Å²) in [4.78, 5) is 0. The maximum atomic E-state index is 14.7. The fourth-order valence-corrected chi connectivity index (χ4v) is 3.66. The number of rotatable bonds is 9. The predicted molar refractivity (Wildman–Crippen MR) is 116 cm³/mol. The van der Waals surface area contributed by atoms with E-state index < -0.39 is 27.6 Å². The monoisotopic (exact) mass is 443 g/mol. The van der Waals surface area contributed by atoms with Crippen LogP contribution in [0.1, 0.15) is 11.1 Å². The average Bonchev–Trinajstić information content (AvgIpc) is 2.64. The standard InChI is InChI=1S/C20H21ClF3N3OS/c1-13(25-26-14(2)20(23)24)15-9-10-16(18(22)11-15)12-27(29(3,4)28)19-8-6-5-7-17(19)21/h5-11,20,25-26H,1-3,12H2,4H3. The molecule has 0 amide bonds. The van der Waals surface area contributed by atoms with Gasteiger partial charge in [-0.25, -0.2) is 17.4 Å². The number of para-hydroxylation sites is 1. The first-order chi connectivity index (χ1) is 13.5. The van der Waals surface area contributed by atoms with Gasteiger partial charge in [-0.05, 0) is 24.1 Å². The highest BCUT2D eigenvalue weighted by Gasteiger charge is 2.18. The second-order valence-corrected chi connectivity index (χ2v) is 9.07. The molecule has 0 spiro atoms. The van der Waals surface area contributed by atoms with Gasteiger partial charge in [0.25, 0.3) is 6.43 Å². The number of anilines is 1. The maximum Gasteiger partial charge on any atom is 0.279 e. The minimum absolute atomic E-state index is 0.0327. The number of nitrogens with one attached hydrogen (secondary N) is 2. The molecular weight excluding hydrogens is 423 g/mol. The minimum Gasteiger partial charge on any atom is -0.301 e. The summed E-state index contributed by atoms with van der Waals surface area (Å²) in [5, 5.41) is 0.366. The van der Waals surface area contributed by atoms with Crippen molar-refractivity contribution in [3.8, 4) is 0 Å². The van der Waals surface area contributed by atoms with Crippen molar-refractivity contribution in [1.29, 1.82) is 0 Å². The highest BCUT2D eigenvalue weighted by atomic mass is 35.5. The maximum absolute atomic E-state index is 14.7. The Hall–Kier alpha value is -2.58. The Balaban J connectivity index is 2.24. The van der Waals surface area contributed by atoms with E-state index in [1.54, 1.807) is 30.3 Å². The highest BCUT2D eigenvalue weighted by molar-refractivity contribution is 8.00. The summed E-state index contributed by atoms with van der Waals surface area (Å²) in [6.07, 6.45) is -1.31. The fourth-order valence-electron chi connectivity index (χ4n) is 2.38. The molecule has 29 heavy (non-hydrogen) atoms. The zero-order chi connectivity index (χ0) is 21.8. The Labute approximate surface area is 173 Å². The van der Waals surface area contributed by atoms with E-state index >= 15 is 0 Å². The lowest BCUT2D eigenvalue weighted by Gasteiger charge is -2.27. The molecule has 0 heterocycles. The SMILES string of the molecule is C=C(NNC(=C)C(F)F)c1ccc(CN(c2ccccc2Cl)S(=C)(C)=O)c(F)c1. The van der Waals surface area contributed by atoms with Crippen molar-refractivity contribution in [2.45, 2.75) is 13.0 Å². The van der Waals surface area contributed by atoms with E-state index in [1.165, 1.54) is 22.7 Å². The number of hydrogen-bond donors (Lipinski definition) is 2. The zero-order valence-electron chi connectivity index (χ0n) is 15.7. The number of hydrogen-bond acceptors (Lipinski definition) is 3. The van der Waals surface area contributed by atoms with Gasteiger partial charge in [0, 0.05) is 27.1 Å². The van der Waals surface area contributed by atoms with Crippen LogP contribution in [0.15, 0.2) is 61.3 Å². The van der Waals surface area contributed by atoms with Gasteiger partial charge in [-0.15, -0.1) is 0 Å². The molecule has 4 nitrogen and oxygen atoms in total. The number of nitrogens with zero attached hydrogens (tertiary/aromatic N) is 1. The van der Waals surface area contributed by atoms with Gasteiger partial charge in [-0.3, -0.25) is 9.73 Å². The Morgan fingerprint density at radius 1 is 1.21 bits per heavy atom. The number of hydrazine groups is 1. The van der Waals surface area contributed by atoms with Crippen LogP contribution in [0.5, 0.6) is 0 Å². The molecule has 2 rings (SSSR count). The van der Waals surface area contributed by atoms with Crippen molar-refractivity contribution in [1.82, 2.24) is 10.9 Å². The number of benzene rings is 2. The quantitative estimate of drug-likeness (QED) is 0.440. The molecule has 1 unspecified atom stereocenters. The summed E-state index contributed by atoms with van der Waals surface area (Å²) in [5.74, 6) is 3.10. The summed E-state index contributed by atoms with van der Waals surface area (Å²) in [6, 6.07) is 11.0. The molecule has 0 saturated carbocycles. The van der Waals surface area contributed by atoms with E-state index in [2.05, 4.69) is 29.9 Å². The third-order valence-electron chi connectivity index (χ3n) is 3.94. The fraction of sp³-hybridized carbons (Fsp3) is 0.150. The van der Waals surface area contributed by atoms with Crippen LogP contribution in [0.25, 0.3) is 5.70 Å². The molecule has 0 saturated heterocycles. The van der Waals surface area contributed by atoms with E-state index in [4.69, 9.17) is 11.6 Å². The van der Waals surface area contributed by atoms with Crippen LogP contribution in [0.3, 0.4) is 0 Å². The molecule has 0 aliphatic rings. The second kappa shape index (κ2) is 9.28. The van der Waals surface area contributed by atoms with Crippen LogP contribution in [0.2, 0.25) is 5.02 Å². The topological polar surface area (TPSA) is 44.4 Å². The van der Waals surface area contributed by atoms with Crippen LogP contribution in [0.4, 0.5) is 18.9 Å². The Morgan fingerprint density at radius 3 is 2.41 bits per heavy atom. The van der Waals surface area contributed by atoms with Gasteiger partial charge in [-0.1, -0.05) is 49.0 Å². The number of halogens is 4. The van der Waals surface area contributed by atoms with Crippen LogP contribution < -0.4 is 15.2 Å². The van der Waals surface area contributed by atoms with Gasteiger partial charge in [0.15, 0.2) is 0 Å². The van der Waals surface area contributed by atoms with Crippen molar-refractivity contribution >= 4 is 38.6 Å². The van der Waals surface area contributed by atoms with E-state index in [-0.39, 0.29) is 17.8 Å². The van der Waals surface area contributed by atoms with E-state index in [0.717, 1.165) is 0 Å². The molecule has 0 aliphatic heterocycles. The number of allylic oxidation sites excluding steroid dienone is 1. The molecule has 2 aromatic carbocycles. The van der Waals surface area contributed by atoms with Crippen molar-refractivity contribution in [2.75, 3.05) is 10.6 Å². The van der Waals surface area contributed by atoms with Crippen molar-refractivity contribution in [3.63, 3.8) is 0 Å². The molecule has 156 valence electrons. The van der Waals surface area contributed by atoms with Crippen LogP contribution in [-0.2, 0) is 16.3 Å². The summed E-state index contributed by atoms with van der Waals surface area (Å²) in [7, 11) is -2.75. The lowest BCUT2D eigenvalue weighted by molar-refractivity contribution is 0.179. The summed E-state index contributed by atoms with van der Waals surface area (Å²) in [6.45, 7) is 6.80. The molecule has 0 aromatic heterocycles. The minimum atomic E-state index is -2.75. The first-order valence-electron chi connectivity index (χ1n) is 8.32. The molecular formula is C20H21ClF3N3OS. The first-order valence-corrected chi connectivity index (χ1v) is 10.8. The van der Waals surface area contributed by atoms with Gasteiger partial charge in [0.05, 0.1) is 28.6 Å². The van der Waals surface area contributed by atoms with Gasteiger partial charge in [-0.2, -0.15) is 0 Å². The Bertz CT molecular complexity index is 1030. The average molecular weight is 444 g/mol. The van der Waals surface area contributed by atoms with Crippen LogP contribution in [-0.4, -0.2) is 22.8 Å². The Kier molecular flexibility index (Phi) is 7.26. The highest BCUT2D eigenvalue weighted by Crippen LogP contribution is 2.29. The molecule has 1 atom stereocenters. The third kappa shape index (κ3) is 5.95. The molecule has 0 radical (unpaired) electrons. The number of alkyl halides is 2. The van der Waals surface area contributed by atoms with Gasteiger partial charge in [0.1, 0.15) is 5.82 Å². The molecule has 9 heteroatoms. The predicted octanol–water partition coefficient (Wildman–Crippen LogP) is 4.59. The lowest BCUT2D eigenvalue weighted by atomic mass is 10.1. The molecule has 0 fully saturated rings. The van der Waals surface area contributed by atoms with Crippen LogP contribution in [0, 0.1) is 5.82 Å². The smallest absolute Gasteiger partial charge is 0.279 e. The van der Waals surface area contributed by atoms with E-state index in [9.17, 15) is 17.4 Å². The van der Waals surface area contributed by atoms with E-state index in [1.807, 2.05) is 0 Å². The van der Waals surface area contributed by atoms with Crippen molar-refractivity contribution < 1.29 is 17.4 Å². The second-order valence-electron chi connectivity index (χ2n) is 6.31. The molecule has 2 aromatic rings. The summed E-state index contributed by atoms with van der Waals surface area (Å²) in [5.41, 5.74) is 5.37. The lowest BCUT2D eigenvalue weighted by Crippen LogP contribution is -2.31. The Morgan fingerprint density at radius 2 is 1.86 bits per heavy atom. The third-order valence-corrected chi connectivity index (χ3v) is 5.52. The van der Waals surface area contributed by atoms with Crippen molar-refractivity contribution in [2.24, 2.45) is 0 Å². The zero-order valence-corrected chi connectivity index (χ0v) is 17.3. The van der Waals surface area contributed by atoms with E-state index in [0.29, 0.717) is 16.3 Å². The van der Waals surface area contributed by atoms with Gasteiger partial charge >= 0.3 is 0 Å². The van der Waals surface area contributed by atoms with Gasteiger partial charge in [0.2, 0.25) is 0 Å². The van der Waals surface area contributed by atoms with Crippen LogP contribution >= 0.6 is 11.6 Å². The van der Waals surface area contributed by atoms with Crippen molar-refractivity contribution in [3.05, 3.63) is 83.3 Å². The molecule has 2 N–H and O–H groups in total. The van der Waals surface area contributed by atoms with Gasteiger partial charge < -0.3 is 5.43 Å².